The molecule has 2 aromatic heterocycles. The summed E-state index contributed by atoms with van der Waals surface area (Å²) in [7, 11) is 1.44. The van der Waals surface area contributed by atoms with Gasteiger partial charge in [-0.05, 0) is 77.1 Å². The number of likely N-dealkylation sites (tertiary alicyclic amines) is 2. The Labute approximate surface area is 354 Å². The topological polar surface area (TPSA) is 139 Å². The standard InChI is InChI=1S/C50H47N7O4/c1-55(50(60)61)45(38-14-6-3-7-15-38)49(59)57-29-11-19-44(57)47-52-32-42(54-47)37-26-22-35(23-27-37)34-20-24-36(25-21-34)41-31-51-46(53-41)43-18-10-28-56(43)48(58)40-17-9-8-16-39(40)30-33-12-4-2-5-13-33/h2-9,12-17,20-27,31-32,43-45H,10-11,18-19,28-30H2,1H3,(H,51,53)(H,52,54)(H,60,61)/t43-,44-,45+/m0/s1. The normalized spacial score (nSPS) is 16.7. The summed E-state index contributed by atoms with van der Waals surface area (Å²) in [5.41, 5.74) is 9.43. The molecule has 2 saturated heterocycles. The van der Waals surface area contributed by atoms with Crippen LogP contribution in [0.15, 0.2) is 146 Å². The molecular weight excluding hydrogens is 763 g/mol. The van der Waals surface area contributed by atoms with Gasteiger partial charge in [-0.2, -0.15) is 0 Å². The lowest BCUT2D eigenvalue weighted by molar-refractivity contribution is -0.137. The molecule has 0 saturated carbocycles. The minimum atomic E-state index is -1.16. The predicted octanol–water partition coefficient (Wildman–Crippen LogP) is 9.72. The molecule has 2 aliphatic rings. The number of nitrogens with one attached hydrogen (secondary N) is 2. The number of aromatic amines is 2. The molecule has 0 radical (unpaired) electrons. The van der Waals surface area contributed by atoms with E-state index in [9.17, 15) is 19.5 Å². The number of benzene rings is 5. The van der Waals surface area contributed by atoms with Gasteiger partial charge < -0.3 is 24.9 Å². The van der Waals surface area contributed by atoms with Gasteiger partial charge in [0.05, 0.1) is 35.9 Å². The summed E-state index contributed by atoms with van der Waals surface area (Å²) in [6.07, 6.45) is 6.50. The van der Waals surface area contributed by atoms with E-state index in [-0.39, 0.29) is 23.9 Å². The van der Waals surface area contributed by atoms with E-state index in [1.165, 1.54) is 12.6 Å². The zero-order valence-electron chi connectivity index (χ0n) is 33.9. The molecule has 3 atom stereocenters. The Morgan fingerprint density at radius 2 is 1.15 bits per heavy atom. The van der Waals surface area contributed by atoms with Crippen molar-refractivity contribution in [3.63, 3.8) is 0 Å². The minimum absolute atomic E-state index is 0.0441. The molecule has 11 nitrogen and oxygen atoms in total. The number of hydrogen-bond acceptors (Lipinski definition) is 5. The Morgan fingerprint density at radius 1 is 0.656 bits per heavy atom. The molecule has 0 spiro atoms. The van der Waals surface area contributed by atoms with Gasteiger partial charge in [0.2, 0.25) is 0 Å². The van der Waals surface area contributed by atoms with Crippen LogP contribution < -0.4 is 0 Å². The number of carbonyl (C=O) groups is 3. The molecule has 3 amide bonds. The number of carbonyl (C=O) groups excluding carboxylic acids is 2. The number of imidazole rings is 2. The first-order valence-electron chi connectivity index (χ1n) is 20.9. The van der Waals surface area contributed by atoms with Gasteiger partial charge in [-0.25, -0.2) is 14.8 Å². The second kappa shape index (κ2) is 17.1. The van der Waals surface area contributed by atoms with Crippen molar-refractivity contribution in [2.75, 3.05) is 20.1 Å². The van der Waals surface area contributed by atoms with Crippen molar-refractivity contribution in [1.82, 2.24) is 34.6 Å². The van der Waals surface area contributed by atoms with Crippen molar-refractivity contribution in [2.24, 2.45) is 0 Å². The highest BCUT2D eigenvalue weighted by atomic mass is 16.4. The number of H-pyrrole nitrogens is 2. The van der Waals surface area contributed by atoms with Crippen molar-refractivity contribution in [3.8, 4) is 33.6 Å². The zero-order valence-corrected chi connectivity index (χ0v) is 33.9. The summed E-state index contributed by atoms with van der Waals surface area (Å²) < 4.78 is 0. The average Bonchev–Trinajstić information content (AvgIpc) is 4.15. The number of rotatable bonds is 11. The van der Waals surface area contributed by atoms with Gasteiger partial charge in [-0.3, -0.25) is 14.5 Å². The Kier molecular flexibility index (Phi) is 11.0. The molecule has 9 rings (SSSR count). The molecular formula is C50H47N7O4. The highest BCUT2D eigenvalue weighted by Crippen LogP contribution is 2.37. The molecule has 0 unspecified atom stereocenters. The number of carboxylic acid groups (broad SMARTS) is 1. The lowest BCUT2D eigenvalue weighted by atomic mass is 9.98. The molecule has 0 bridgehead atoms. The summed E-state index contributed by atoms with van der Waals surface area (Å²) in [5.74, 6) is 1.27. The fraction of sp³-hybridized carbons (Fsp3) is 0.220. The Bertz CT molecular complexity index is 2640. The Morgan fingerprint density at radius 3 is 1.72 bits per heavy atom. The van der Waals surface area contributed by atoms with E-state index in [2.05, 4.69) is 76.7 Å². The second-order valence-electron chi connectivity index (χ2n) is 15.9. The van der Waals surface area contributed by atoms with Gasteiger partial charge in [0.15, 0.2) is 0 Å². The van der Waals surface area contributed by atoms with Gasteiger partial charge in [-0.15, -0.1) is 0 Å². The van der Waals surface area contributed by atoms with Crippen LogP contribution in [0.3, 0.4) is 0 Å². The van der Waals surface area contributed by atoms with E-state index in [1.807, 2.05) is 65.7 Å². The van der Waals surface area contributed by atoms with Crippen molar-refractivity contribution in [2.45, 2.75) is 50.2 Å². The molecule has 2 aliphatic heterocycles. The molecule has 11 heteroatoms. The summed E-state index contributed by atoms with van der Waals surface area (Å²) in [4.78, 5) is 61.3. The third-order valence-corrected chi connectivity index (χ3v) is 12.1. The van der Waals surface area contributed by atoms with Crippen LogP contribution in [0.2, 0.25) is 0 Å². The van der Waals surface area contributed by atoms with E-state index < -0.39 is 12.1 Å². The largest absolute Gasteiger partial charge is 0.465 e. The molecule has 0 aliphatic carbocycles. The molecule has 306 valence electrons. The first kappa shape index (κ1) is 39.2. The van der Waals surface area contributed by atoms with Crippen LogP contribution in [0.5, 0.6) is 0 Å². The maximum atomic E-state index is 14.0. The quantitative estimate of drug-likeness (QED) is 0.119. The number of likely N-dealkylation sites (N-methyl/N-ethyl adjacent to an activating group) is 1. The highest BCUT2D eigenvalue weighted by molar-refractivity contribution is 5.96. The van der Waals surface area contributed by atoms with Crippen LogP contribution in [0.1, 0.15) is 82.5 Å². The number of nitrogens with zero attached hydrogens (tertiary/aromatic N) is 5. The maximum Gasteiger partial charge on any atom is 0.407 e. The smallest absolute Gasteiger partial charge is 0.407 e. The highest BCUT2D eigenvalue weighted by Gasteiger charge is 2.39. The second-order valence-corrected chi connectivity index (χ2v) is 15.9. The van der Waals surface area contributed by atoms with Crippen LogP contribution in [-0.2, 0) is 11.2 Å². The van der Waals surface area contributed by atoms with E-state index in [0.717, 1.165) is 81.2 Å². The maximum absolute atomic E-state index is 14.0. The third-order valence-electron chi connectivity index (χ3n) is 12.1. The average molecular weight is 810 g/mol. The SMILES string of the molecule is CN(C(=O)O)[C@@H](C(=O)N1CCC[C@H]1c1ncc(-c2ccc(-c3ccc(-c4cnc([C@@H]5CCCN5C(=O)c5ccccc5Cc5ccccc5)[nH]4)cc3)cc2)[nH]1)c1ccccc1. The van der Waals surface area contributed by atoms with Crippen molar-refractivity contribution in [3.05, 3.63) is 180 Å². The number of aromatic nitrogens is 4. The van der Waals surface area contributed by atoms with Gasteiger partial charge >= 0.3 is 6.09 Å². The molecule has 7 aromatic rings. The Balaban J connectivity index is 0.860. The van der Waals surface area contributed by atoms with E-state index in [1.54, 1.807) is 23.2 Å². The van der Waals surface area contributed by atoms with Crippen LogP contribution in [0.25, 0.3) is 33.6 Å². The lowest BCUT2D eigenvalue weighted by Crippen LogP contribution is -2.43. The van der Waals surface area contributed by atoms with Crippen LogP contribution in [-0.4, -0.2) is 77.8 Å². The third kappa shape index (κ3) is 8.06. The first-order valence-corrected chi connectivity index (χ1v) is 20.9. The first-order chi connectivity index (χ1) is 29.8. The predicted molar refractivity (Wildman–Crippen MR) is 234 cm³/mol. The van der Waals surface area contributed by atoms with Crippen LogP contribution in [0, 0.1) is 0 Å². The fourth-order valence-corrected chi connectivity index (χ4v) is 8.89. The van der Waals surface area contributed by atoms with Gasteiger partial charge in [0, 0.05) is 25.7 Å². The van der Waals surface area contributed by atoms with Crippen molar-refractivity contribution >= 4 is 17.9 Å². The summed E-state index contributed by atoms with van der Waals surface area (Å²) in [5, 5.41) is 9.81. The van der Waals surface area contributed by atoms with Crippen LogP contribution in [0.4, 0.5) is 4.79 Å². The molecule has 5 aromatic carbocycles. The van der Waals surface area contributed by atoms with E-state index in [4.69, 9.17) is 9.97 Å². The van der Waals surface area contributed by atoms with Gasteiger partial charge in [0.1, 0.15) is 17.7 Å². The molecule has 61 heavy (non-hydrogen) atoms. The number of hydrogen-bond donors (Lipinski definition) is 3. The summed E-state index contributed by atoms with van der Waals surface area (Å²) in [6.45, 7) is 1.22. The lowest BCUT2D eigenvalue weighted by Gasteiger charge is -2.32. The van der Waals surface area contributed by atoms with Crippen molar-refractivity contribution in [1.29, 1.82) is 0 Å². The van der Waals surface area contributed by atoms with E-state index in [0.29, 0.717) is 30.9 Å². The Hall–Kier alpha value is -7.27. The molecule has 3 N–H and O–H groups in total. The fourth-order valence-electron chi connectivity index (χ4n) is 8.89. The van der Waals surface area contributed by atoms with Gasteiger partial charge in [-0.1, -0.05) is 127 Å². The van der Waals surface area contributed by atoms with E-state index >= 15 is 0 Å². The number of amides is 3. The van der Waals surface area contributed by atoms with Gasteiger partial charge in [0.25, 0.3) is 11.8 Å². The summed E-state index contributed by atoms with van der Waals surface area (Å²) >= 11 is 0. The molecule has 4 heterocycles. The summed E-state index contributed by atoms with van der Waals surface area (Å²) in [6, 6.07) is 42.5. The van der Waals surface area contributed by atoms with Crippen LogP contribution >= 0.6 is 0 Å². The van der Waals surface area contributed by atoms with Crippen molar-refractivity contribution < 1.29 is 19.5 Å². The monoisotopic (exact) mass is 809 g/mol. The minimum Gasteiger partial charge on any atom is -0.465 e. The molecule has 2 fully saturated rings. The zero-order chi connectivity index (χ0) is 41.9.